The molecule has 0 aliphatic rings. The first-order chi connectivity index (χ1) is 12.9. The summed E-state index contributed by atoms with van der Waals surface area (Å²) in [6, 6.07) is 6.13. The molecule has 2 aromatic rings. The summed E-state index contributed by atoms with van der Waals surface area (Å²) in [5, 5.41) is 7.86. The van der Waals surface area contributed by atoms with Crippen molar-refractivity contribution in [3.63, 3.8) is 0 Å². The van der Waals surface area contributed by atoms with Crippen LogP contribution in [-0.2, 0) is 13.6 Å². The first-order valence-corrected chi connectivity index (χ1v) is 9.31. The summed E-state index contributed by atoms with van der Waals surface area (Å²) >= 11 is 0. The van der Waals surface area contributed by atoms with Crippen molar-refractivity contribution in [2.45, 2.75) is 33.2 Å². The van der Waals surface area contributed by atoms with Gasteiger partial charge in [-0.25, -0.2) is 9.38 Å². The molecule has 6 nitrogen and oxygen atoms in total. The van der Waals surface area contributed by atoms with Crippen LogP contribution < -0.4 is 10.1 Å². The van der Waals surface area contributed by atoms with Gasteiger partial charge >= 0.3 is 0 Å². The monoisotopic (exact) mass is 375 g/mol. The highest BCUT2D eigenvalue weighted by Gasteiger charge is 2.15. The van der Waals surface area contributed by atoms with E-state index in [1.165, 1.54) is 17.7 Å². The van der Waals surface area contributed by atoms with Crippen molar-refractivity contribution in [3.8, 4) is 5.75 Å². The molecule has 2 rings (SSSR count). The summed E-state index contributed by atoms with van der Waals surface area (Å²) in [7, 11) is 3.95. The molecule has 0 amide bonds. The fourth-order valence-electron chi connectivity index (χ4n) is 2.83. The van der Waals surface area contributed by atoms with Gasteiger partial charge in [0.2, 0.25) is 0 Å². The summed E-state index contributed by atoms with van der Waals surface area (Å²) in [5.41, 5.74) is 2.30. The number of aromatic nitrogens is 2. The number of halogens is 1. The summed E-state index contributed by atoms with van der Waals surface area (Å²) in [6.45, 7) is 8.69. The fraction of sp³-hybridized carbons (Fsp3) is 0.500. The van der Waals surface area contributed by atoms with Gasteiger partial charge in [-0.1, -0.05) is 19.9 Å². The Morgan fingerprint density at radius 2 is 2.19 bits per heavy atom. The molecule has 0 saturated heterocycles. The van der Waals surface area contributed by atoms with E-state index in [4.69, 9.17) is 4.74 Å². The van der Waals surface area contributed by atoms with E-state index in [1.54, 1.807) is 12.1 Å². The number of hydrogen-bond donors (Lipinski definition) is 1. The van der Waals surface area contributed by atoms with Crippen LogP contribution in [0, 0.1) is 5.82 Å². The van der Waals surface area contributed by atoms with Gasteiger partial charge in [-0.15, -0.1) is 0 Å². The van der Waals surface area contributed by atoms with Crippen LogP contribution in [0.25, 0.3) is 0 Å². The van der Waals surface area contributed by atoms with Crippen molar-refractivity contribution < 1.29 is 9.13 Å². The third-order valence-corrected chi connectivity index (χ3v) is 4.01. The van der Waals surface area contributed by atoms with Gasteiger partial charge in [-0.2, -0.15) is 5.10 Å². The van der Waals surface area contributed by atoms with Gasteiger partial charge in [-0.3, -0.25) is 4.68 Å². The fourth-order valence-corrected chi connectivity index (χ4v) is 2.83. The zero-order valence-electron chi connectivity index (χ0n) is 16.9. The Bertz CT molecular complexity index is 757. The van der Waals surface area contributed by atoms with Crippen LogP contribution in [-0.4, -0.2) is 47.4 Å². The second kappa shape index (κ2) is 9.94. The standard InChI is InChI=1S/C20H30FN5O/c1-6-22-20(23-10-11-27-18-9-7-8-17(21)12-18)25(4)13-16-14-26(5)24-19(16)15(2)3/h7-9,12,14-15H,6,10-11,13H2,1-5H3,(H,22,23). The lowest BCUT2D eigenvalue weighted by Crippen LogP contribution is -2.39. The third-order valence-electron chi connectivity index (χ3n) is 4.01. The molecule has 7 heteroatoms. The van der Waals surface area contributed by atoms with Gasteiger partial charge in [0.25, 0.3) is 0 Å². The van der Waals surface area contributed by atoms with Crippen molar-refractivity contribution >= 4 is 5.96 Å². The third kappa shape index (κ3) is 6.27. The van der Waals surface area contributed by atoms with E-state index in [0.717, 1.165) is 24.7 Å². The second-order valence-electron chi connectivity index (χ2n) is 6.77. The second-order valence-corrected chi connectivity index (χ2v) is 6.77. The van der Waals surface area contributed by atoms with Gasteiger partial charge in [0, 0.05) is 45.0 Å². The molecular formula is C20H30FN5O. The molecule has 27 heavy (non-hydrogen) atoms. The van der Waals surface area contributed by atoms with Crippen molar-refractivity contribution in [2.24, 2.45) is 12.0 Å². The molecule has 0 aliphatic heterocycles. The lowest BCUT2D eigenvalue weighted by Gasteiger charge is -2.22. The van der Waals surface area contributed by atoms with E-state index in [0.29, 0.717) is 24.8 Å². The van der Waals surface area contributed by atoms with Crippen LogP contribution >= 0.6 is 0 Å². The molecule has 1 aromatic carbocycles. The molecule has 0 saturated carbocycles. The molecule has 0 bridgehead atoms. The zero-order valence-corrected chi connectivity index (χ0v) is 16.9. The molecule has 0 radical (unpaired) electrons. The maximum atomic E-state index is 13.2. The minimum absolute atomic E-state index is 0.304. The van der Waals surface area contributed by atoms with E-state index in [2.05, 4.69) is 40.4 Å². The molecular weight excluding hydrogens is 345 g/mol. The van der Waals surface area contributed by atoms with Gasteiger partial charge in [0.05, 0.1) is 12.2 Å². The lowest BCUT2D eigenvalue weighted by molar-refractivity contribution is 0.325. The largest absolute Gasteiger partial charge is 0.492 e. The predicted octanol–water partition coefficient (Wildman–Crippen LogP) is 3.16. The number of hydrogen-bond acceptors (Lipinski definition) is 3. The number of rotatable bonds is 8. The van der Waals surface area contributed by atoms with E-state index in [9.17, 15) is 4.39 Å². The summed E-state index contributed by atoms with van der Waals surface area (Å²) in [6.07, 6.45) is 2.06. The van der Waals surface area contributed by atoms with Gasteiger partial charge in [-0.05, 0) is 25.0 Å². The maximum absolute atomic E-state index is 13.2. The molecule has 0 spiro atoms. The number of benzene rings is 1. The number of aliphatic imine (C=N–C) groups is 1. The van der Waals surface area contributed by atoms with Crippen LogP contribution in [0.4, 0.5) is 4.39 Å². The quantitative estimate of drug-likeness (QED) is 0.437. The zero-order chi connectivity index (χ0) is 19.8. The predicted molar refractivity (Wildman–Crippen MR) is 107 cm³/mol. The van der Waals surface area contributed by atoms with Crippen LogP contribution in [0.3, 0.4) is 0 Å². The van der Waals surface area contributed by atoms with Crippen molar-refractivity contribution in [1.82, 2.24) is 20.0 Å². The Morgan fingerprint density at radius 1 is 1.41 bits per heavy atom. The van der Waals surface area contributed by atoms with Crippen LogP contribution in [0.1, 0.15) is 37.9 Å². The molecule has 0 aliphatic carbocycles. The first kappa shape index (κ1) is 20.7. The summed E-state index contributed by atoms with van der Waals surface area (Å²) in [5.74, 6) is 1.38. The number of nitrogens with zero attached hydrogens (tertiary/aromatic N) is 4. The Kier molecular flexibility index (Phi) is 7.64. The topological polar surface area (TPSA) is 54.7 Å². The normalized spacial score (nSPS) is 11.7. The van der Waals surface area contributed by atoms with Gasteiger partial charge in [0.15, 0.2) is 5.96 Å². The molecule has 0 atom stereocenters. The molecule has 0 unspecified atom stereocenters. The SMILES string of the molecule is CCNC(=NCCOc1cccc(F)c1)N(C)Cc1cn(C)nc1C(C)C. The minimum Gasteiger partial charge on any atom is -0.492 e. The maximum Gasteiger partial charge on any atom is 0.194 e. The molecule has 1 heterocycles. The average molecular weight is 375 g/mol. The van der Waals surface area contributed by atoms with Crippen molar-refractivity contribution in [1.29, 1.82) is 0 Å². The highest BCUT2D eigenvalue weighted by molar-refractivity contribution is 5.79. The van der Waals surface area contributed by atoms with E-state index < -0.39 is 0 Å². The van der Waals surface area contributed by atoms with Crippen LogP contribution in [0.5, 0.6) is 5.75 Å². The van der Waals surface area contributed by atoms with Crippen LogP contribution in [0.15, 0.2) is 35.5 Å². The Balaban J connectivity index is 1.97. The molecule has 1 aromatic heterocycles. The molecule has 1 N–H and O–H groups in total. The highest BCUT2D eigenvalue weighted by atomic mass is 19.1. The first-order valence-electron chi connectivity index (χ1n) is 9.31. The number of guanidine groups is 1. The Labute approximate surface area is 161 Å². The number of ether oxygens (including phenoxy) is 1. The summed E-state index contributed by atoms with van der Waals surface area (Å²) < 4.78 is 20.6. The molecule has 0 fully saturated rings. The van der Waals surface area contributed by atoms with Gasteiger partial charge < -0.3 is 15.0 Å². The Hall–Kier alpha value is -2.57. The van der Waals surface area contributed by atoms with Crippen molar-refractivity contribution in [3.05, 3.63) is 47.5 Å². The highest BCUT2D eigenvalue weighted by Crippen LogP contribution is 2.18. The van der Waals surface area contributed by atoms with Gasteiger partial charge in [0.1, 0.15) is 18.2 Å². The number of aryl methyl sites for hydroxylation is 1. The summed E-state index contributed by atoms with van der Waals surface area (Å²) in [4.78, 5) is 6.69. The Morgan fingerprint density at radius 3 is 2.85 bits per heavy atom. The lowest BCUT2D eigenvalue weighted by atomic mass is 10.1. The van der Waals surface area contributed by atoms with E-state index >= 15 is 0 Å². The van der Waals surface area contributed by atoms with E-state index in [1.807, 2.05) is 25.7 Å². The van der Waals surface area contributed by atoms with Crippen molar-refractivity contribution in [2.75, 3.05) is 26.7 Å². The van der Waals surface area contributed by atoms with E-state index in [-0.39, 0.29) is 5.82 Å². The van der Waals surface area contributed by atoms with Crippen LogP contribution in [0.2, 0.25) is 0 Å². The molecule has 148 valence electrons. The number of nitrogens with one attached hydrogen (secondary N) is 1. The smallest absolute Gasteiger partial charge is 0.194 e. The average Bonchev–Trinajstić information content (AvgIpc) is 2.98. The minimum atomic E-state index is -0.304.